The summed E-state index contributed by atoms with van der Waals surface area (Å²) in [4.78, 5) is 20.5. The van der Waals surface area contributed by atoms with Crippen LogP contribution in [0.2, 0.25) is 5.02 Å². The smallest absolute Gasteiger partial charge is 0.275 e. The third-order valence-electron chi connectivity index (χ3n) is 2.96. The summed E-state index contributed by atoms with van der Waals surface area (Å²) in [5.74, 6) is 0.325. The number of hydrogen-bond donors (Lipinski definition) is 2. The summed E-state index contributed by atoms with van der Waals surface area (Å²) in [6.45, 7) is 5.64. The number of halogens is 1. The van der Waals surface area contributed by atoms with Crippen molar-refractivity contribution >= 4 is 23.2 Å². The normalized spacial score (nSPS) is 10.7. The molecule has 0 aliphatic carbocycles. The number of carbonyl (C=O) groups excluding carboxylic acids is 1. The minimum absolute atomic E-state index is 0.0947. The first-order chi connectivity index (χ1) is 9.88. The number of aromatic hydroxyl groups is 1. The first kappa shape index (κ1) is 15.3. The maximum absolute atomic E-state index is 12.2. The highest BCUT2D eigenvalue weighted by Crippen LogP contribution is 2.22. The van der Waals surface area contributed by atoms with Crippen LogP contribution in [0.25, 0.3) is 0 Å². The summed E-state index contributed by atoms with van der Waals surface area (Å²) < 4.78 is 0. The largest absolute Gasteiger partial charge is 0.508 e. The fraction of sp³-hybridized carbons (Fsp3) is 0.267. The lowest BCUT2D eigenvalue weighted by Crippen LogP contribution is -2.16. The lowest BCUT2D eigenvalue weighted by molar-refractivity contribution is 0.102. The van der Waals surface area contributed by atoms with Crippen LogP contribution >= 0.6 is 11.6 Å². The van der Waals surface area contributed by atoms with Crippen molar-refractivity contribution < 1.29 is 9.90 Å². The minimum atomic E-state index is -0.437. The summed E-state index contributed by atoms with van der Waals surface area (Å²) in [5, 5.41) is 12.5. The second kappa shape index (κ2) is 6.10. The van der Waals surface area contributed by atoms with E-state index in [1.165, 1.54) is 12.3 Å². The third-order valence-corrected chi connectivity index (χ3v) is 3.24. The summed E-state index contributed by atoms with van der Waals surface area (Å²) in [6, 6.07) is 4.89. The molecular formula is C15H16ClN3O2. The van der Waals surface area contributed by atoms with Crippen LogP contribution in [0.1, 0.15) is 41.6 Å². The molecule has 0 spiro atoms. The maximum atomic E-state index is 12.2. The molecule has 0 radical (unpaired) electrons. The zero-order chi connectivity index (χ0) is 15.6. The van der Waals surface area contributed by atoms with Gasteiger partial charge < -0.3 is 10.4 Å². The van der Waals surface area contributed by atoms with E-state index in [0.717, 1.165) is 5.56 Å². The molecule has 6 heteroatoms. The van der Waals surface area contributed by atoms with E-state index in [4.69, 9.17) is 11.6 Å². The number of nitrogens with zero attached hydrogens (tertiary/aromatic N) is 2. The SMILES string of the molecule is Cc1ccc(NC(=O)c2nc(C(C)C)ncc2Cl)cc1O. The first-order valence-electron chi connectivity index (χ1n) is 6.52. The first-order valence-corrected chi connectivity index (χ1v) is 6.89. The van der Waals surface area contributed by atoms with Crippen molar-refractivity contribution in [2.75, 3.05) is 5.32 Å². The van der Waals surface area contributed by atoms with E-state index in [2.05, 4.69) is 15.3 Å². The van der Waals surface area contributed by atoms with Crippen molar-refractivity contribution in [1.29, 1.82) is 0 Å². The molecule has 110 valence electrons. The molecule has 0 fully saturated rings. The van der Waals surface area contributed by atoms with Gasteiger partial charge in [0, 0.05) is 17.7 Å². The van der Waals surface area contributed by atoms with Gasteiger partial charge in [-0.15, -0.1) is 0 Å². The Labute approximate surface area is 128 Å². The number of anilines is 1. The summed E-state index contributed by atoms with van der Waals surface area (Å²) in [7, 11) is 0. The predicted molar refractivity (Wildman–Crippen MR) is 81.9 cm³/mol. The molecule has 1 amide bonds. The number of aromatic nitrogens is 2. The Hall–Kier alpha value is -2.14. The van der Waals surface area contributed by atoms with E-state index in [-0.39, 0.29) is 22.4 Å². The van der Waals surface area contributed by atoms with Gasteiger partial charge in [-0.3, -0.25) is 4.79 Å². The molecule has 0 atom stereocenters. The van der Waals surface area contributed by atoms with Crippen LogP contribution in [0.4, 0.5) is 5.69 Å². The highest BCUT2D eigenvalue weighted by molar-refractivity contribution is 6.33. The molecule has 2 N–H and O–H groups in total. The van der Waals surface area contributed by atoms with Crippen molar-refractivity contribution in [2.24, 2.45) is 0 Å². The third kappa shape index (κ3) is 3.49. The van der Waals surface area contributed by atoms with Crippen molar-refractivity contribution in [2.45, 2.75) is 26.7 Å². The molecular weight excluding hydrogens is 290 g/mol. The van der Waals surface area contributed by atoms with Gasteiger partial charge in [-0.2, -0.15) is 0 Å². The van der Waals surface area contributed by atoms with Gasteiger partial charge in [0.25, 0.3) is 5.91 Å². The lowest BCUT2D eigenvalue weighted by atomic mass is 10.2. The molecule has 2 aromatic rings. The molecule has 0 saturated heterocycles. The Balaban J connectivity index is 2.27. The average Bonchev–Trinajstić information content (AvgIpc) is 2.43. The van der Waals surface area contributed by atoms with E-state index in [1.54, 1.807) is 19.1 Å². The van der Waals surface area contributed by atoms with Gasteiger partial charge in [-0.1, -0.05) is 31.5 Å². The Morgan fingerprint density at radius 2 is 2.10 bits per heavy atom. The monoisotopic (exact) mass is 305 g/mol. The summed E-state index contributed by atoms with van der Waals surface area (Å²) in [6.07, 6.45) is 1.42. The zero-order valence-corrected chi connectivity index (χ0v) is 12.8. The highest BCUT2D eigenvalue weighted by Gasteiger charge is 2.16. The fourth-order valence-electron chi connectivity index (χ4n) is 1.70. The van der Waals surface area contributed by atoms with Gasteiger partial charge >= 0.3 is 0 Å². The van der Waals surface area contributed by atoms with E-state index in [1.807, 2.05) is 13.8 Å². The predicted octanol–water partition coefficient (Wildman–Crippen LogP) is 3.52. The number of nitrogens with one attached hydrogen (secondary N) is 1. The van der Waals surface area contributed by atoms with Crippen molar-refractivity contribution in [1.82, 2.24) is 9.97 Å². The molecule has 5 nitrogen and oxygen atoms in total. The Bertz CT molecular complexity index is 687. The Morgan fingerprint density at radius 3 is 2.71 bits per heavy atom. The highest BCUT2D eigenvalue weighted by atomic mass is 35.5. The van der Waals surface area contributed by atoms with Gasteiger partial charge in [-0.25, -0.2) is 9.97 Å². The summed E-state index contributed by atoms with van der Waals surface area (Å²) in [5.41, 5.74) is 1.33. The number of benzene rings is 1. The van der Waals surface area contributed by atoms with Crippen LogP contribution in [0.5, 0.6) is 5.75 Å². The quantitative estimate of drug-likeness (QED) is 0.909. The molecule has 0 aliphatic heterocycles. The van der Waals surface area contributed by atoms with E-state index in [0.29, 0.717) is 11.5 Å². The molecule has 0 unspecified atom stereocenters. The standard InChI is InChI=1S/C15H16ClN3O2/c1-8(2)14-17-7-11(16)13(19-14)15(21)18-10-5-4-9(3)12(20)6-10/h4-8,20H,1-3H3,(H,18,21). The van der Waals surface area contributed by atoms with Gasteiger partial charge in [-0.05, 0) is 18.6 Å². The molecule has 2 rings (SSSR count). The van der Waals surface area contributed by atoms with Gasteiger partial charge in [0.15, 0.2) is 5.69 Å². The van der Waals surface area contributed by atoms with Crippen LogP contribution in [0.15, 0.2) is 24.4 Å². The molecule has 0 saturated carbocycles. The maximum Gasteiger partial charge on any atom is 0.275 e. The fourth-order valence-corrected chi connectivity index (χ4v) is 1.87. The van der Waals surface area contributed by atoms with E-state index < -0.39 is 5.91 Å². The molecule has 1 aromatic carbocycles. The number of hydrogen-bond acceptors (Lipinski definition) is 4. The molecule has 0 bridgehead atoms. The number of aryl methyl sites for hydroxylation is 1. The second-order valence-electron chi connectivity index (χ2n) is 5.03. The van der Waals surface area contributed by atoms with Crippen LogP contribution in [0.3, 0.4) is 0 Å². The van der Waals surface area contributed by atoms with Crippen LogP contribution in [-0.2, 0) is 0 Å². The van der Waals surface area contributed by atoms with Crippen molar-refractivity contribution in [3.8, 4) is 5.75 Å². The molecule has 21 heavy (non-hydrogen) atoms. The van der Waals surface area contributed by atoms with Gasteiger partial charge in [0.2, 0.25) is 0 Å². The van der Waals surface area contributed by atoms with Gasteiger partial charge in [0.05, 0.1) is 11.2 Å². The zero-order valence-electron chi connectivity index (χ0n) is 12.0. The van der Waals surface area contributed by atoms with E-state index in [9.17, 15) is 9.90 Å². The molecule has 1 aromatic heterocycles. The second-order valence-corrected chi connectivity index (χ2v) is 5.44. The minimum Gasteiger partial charge on any atom is -0.508 e. The lowest BCUT2D eigenvalue weighted by Gasteiger charge is -2.09. The number of phenolic OH excluding ortho intramolecular Hbond substituents is 1. The Morgan fingerprint density at radius 1 is 1.38 bits per heavy atom. The van der Waals surface area contributed by atoms with Crippen molar-refractivity contribution in [3.63, 3.8) is 0 Å². The van der Waals surface area contributed by atoms with Crippen LogP contribution in [-0.4, -0.2) is 21.0 Å². The number of amides is 1. The average molecular weight is 306 g/mol. The van der Waals surface area contributed by atoms with Crippen molar-refractivity contribution in [3.05, 3.63) is 46.5 Å². The number of carbonyl (C=O) groups is 1. The number of rotatable bonds is 3. The summed E-state index contributed by atoms with van der Waals surface area (Å²) >= 11 is 5.98. The topological polar surface area (TPSA) is 75.1 Å². The van der Waals surface area contributed by atoms with Crippen LogP contribution in [0, 0.1) is 6.92 Å². The molecule has 0 aliphatic rings. The van der Waals surface area contributed by atoms with Crippen LogP contribution < -0.4 is 5.32 Å². The van der Waals surface area contributed by atoms with Gasteiger partial charge in [0.1, 0.15) is 11.6 Å². The molecule has 1 heterocycles. The Kier molecular flexibility index (Phi) is 4.43. The van der Waals surface area contributed by atoms with E-state index >= 15 is 0 Å². The number of phenols is 1.